The number of aryl methyl sites for hydroxylation is 2. The van der Waals surface area contributed by atoms with Crippen molar-refractivity contribution in [1.29, 1.82) is 0 Å². The summed E-state index contributed by atoms with van der Waals surface area (Å²) < 4.78 is 27.2. The molecule has 0 fully saturated rings. The molecule has 0 radical (unpaired) electrons. The van der Waals surface area contributed by atoms with Gasteiger partial charge in [-0.1, -0.05) is 0 Å². The van der Waals surface area contributed by atoms with Crippen molar-refractivity contribution < 1.29 is 18.3 Å². The summed E-state index contributed by atoms with van der Waals surface area (Å²) in [5.74, 6) is -1.13. The van der Waals surface area contributed by atoms with Crippen molar-refractivity contribution in [3.8, 4) is 0 Å². The first-order chi connectivity index (χ1) is 9.70. The maximum atomic E-state index is 12.3. The van der Waals surface area contributed by atoms with Crippen LogP contribution in [0.25, 0.3) is 0 Å². The molecule has 2 rings (SSSR count). The number of thiophene rings is 2. The highest BCUT2D eigenvalue weighted by Gasteiger charge is 2.23. The SMILES string of the molecule is Cc1cc(C(C)NS(=O)(=O)c2cc(C(=O)O)cs2)c(C)s1. The van der Waals surface area contributed by atoms with Crippen molar-refractivity contribution in [2.45, 2.75) is 31.0 Å². The molecular formula is C13H15NO4S3. The summed E-state index contributed by atoms with van der Waals surface area (Å²) in [7, 11) is -3.72. The number of rotatable bonds is 5. The van der Waals surface area contributed by atoms with E-state index in [1.165, 1.54) is 11.4 Å². The minimum Gasteiger partial charge on any atom is -0.478 e. The Kier molecular flexibility index (Phi) is 4.52. The molecule has 0 spiro atoms. The summed E-state index contributed by atoms with van der Waals surface area (Å²) in [4.78, 5) is 13.0. The van der Waals surface area contributed by atoms with Crippen LogP contribution in [0.15, 0.2) is 21.7 Å². The highest BCUT2D eigenvalue weighted by Crippen LogP contribution is 2.28. The number of hydrogen-bond donors (Lipinski definition) is 2. The molecule has 0 aliphatic carbocycles. The van der Waals surface area contributed by atoms with E-state index in [-0.39, 0.29) is 15.8 Å². The topological polar surface area (TPSA) is 83.5 Å². The number of carboxylic acids is 1. The average molecular weight is 345 g/mol. The van der Waals surface area contributed by atoms with Crippen molar-refractivity contribution in [3.63, 3.8) is 0 Å². The first-order valence-corrected chi connectivity index (χ1v) is 9.29. The Morgan fingerprint density at radius 3 is 2.48 bits per heavy atom. The molecule has 5 nitrogen and oxygen atoms in total. The van der Waals surface area contributed by atoms with Gasteiger partial charge in [-0.15, -0.1) is 22.7 Å². The maximum Gasteiger partial charge on any atom is 0.336 e. The van der Waals surface area contributed by atoms with Crippen molar-refractivity contribution in [3.05, 3.63) is 38.4 Å². The van der Waals surface area contributed by atoms with Gasteiger partial charge in [-0.05, 0) is 38.5 Å². The molecule has 0 bridgehead atoms. The second-order valence-corrected chi connectivity index (χ2v) is 8.98. The molecule has 21 heavy (non-hydrogen) atoms. The van der Waals surface area contributed by atoms with Crippen molar-refractivity contribution in [2.24, 2.45) is 0 Å². The Balaban J connectivity index is 2.24. The Bertz CT molecular complexity index is 773. The minimum absolute atomic E-state index is 0.0105. The van der Waals surface area contributed by atoms with Gasteiger partial charge in [0.25, 0.3) is 10.0 Å². The zero-order valence-electron chi connectivity index (χ0n) is 11.7. The molecule has 1 atom stereocenters. The third-order valence-corrected chi connectivity index (χ3v) is 6.93. The molecule has 2 N–H and O–H groups in total. The van der Waals surface area contributed by atoms with E-state index in [9.17, 15) is 13.2 Å². The summed E-state index contributed by atoms with van der Waals surface area (Å²) in [6.07, 6.45) is 0. The molecule has 0 saturated carbocycles. The standard InChI is InChI=1S/C13H15NO4S3/c1-7-4-11(9(3)20-7)8(2)14-21(17,18)12-5-10(6-19-12)13(15)16/h4-6,8,14H,1-3H3,(H,15,16). The van der Waals surface area contributed by atoms with Crippen molar-refractivity contribution >= 4 is 38.7 Å². The number of carbonyl (C=O) groups is 1. The quantitative estimate of drug-likeness (QED) is 0.872. The molecule has 2 aromatic heterocycles. The third kappa shape index (κ3) is 3.52. The fourth-order valence-electron chi connectivity index (χ4n) is 2.00. The molecule has 0 saturated heterocycles. The summed E-state index contributed by atoms with van der Waals surface area (Å²) in [6, 6.07) is 2.77. The Morgan fingerprint density at radius 2 is 2.00 bits per heavy atom. The van der Waals surface area contributed by atoms with E-state index in [0.717, 1.165) is 26.7 Å². The highest BCUT2D eigenvalue weighted by atomic mass is 32.2. The molecule has 0 aliphatic heterocycles. The molecule has 2 heterocycles. The zero-order valence-corrected chi connectivity index (χ0v) is 14.2. The number of carboxylic acid groups (broad SMARTS) is 1. The highest BCUT2D eigenvalue weighted by molar-refractivity contribution is 7.91. The monoisotopic (exact) mass is 345 g/mol. The molecule has 0 aliphatic rings. The van der Waals surface area contributed by atoms with Crippen LogP contribution in [-0.2, 0) is 10.0 Å². The van der Waals surface area contributed by atoms with Crippen LogP contribution in [0.4, 0.5) is 0 Å². The van der Waals surface area contributed by atoms with Crippen LogP contribution in [0.3, 0.4) is 0 Å². The Labute approximate surface area is 131 Å². The molecule has 0 aromatic carbocycles. The van der Waals surface area contributed by atoms with Crippen LogP contribution in [-0.4, -0.2) is 19.5 Å². The Hall–Kier alpha value is -1.22. The zero-order chi connectivity index (χ0) is 15.8. The van der Waals surface area contributed by atoms with Crippen molar-refractivity contribution in [2.75, 3.05) is 0 Å². The number of aromatic carboxylic acids is 1. The third-order valence-electron chi connectivity index (χ3n) is 2.97. The van der Waals surface area contributed by atoms with Crippen LogP contribution >= 0.6 is 22.7 Å². The first kappa shape index (κ1) is 16.2. The summed E-state index contributed by atoms with van der Waals surface area (Å²) in [5.41, 5.74) is 0.923. The summed E-state index contributed by atoms with van der Waals surface area (Å²) >= 11 is 2.52. The summed E-state index contributed by atoms with van der Waals surface area (Å²) in [6.45, 7) is 5.70. The predicted octanol–water partition coefficient (Wildman–Crippen LogP) is 3.16. The van der Waals surface area contributed by atoms with Crippen LogP contribution < -0.4 is 4.72 Å². The Morgan fingerprint density at radius 1 is 1.33 bits per heavy atom. The van der Waals surface area contributed by atoms with Gasteiger partial charge in [0, 0.05) is 21.2 Å². The summed E-state index contributed by atoms with van der Waals surface area (Å²) in [5, 5.41) is 10.2. The van der Waals surface area contributed by atoms with Crippen LogP contribution in [0.2, 0.25) is 0 Å². The van der Waals surface area contributed by atoms with Gasteiger partial charge in [-0.25, -0.2) is 17.9 Å². The van der Waals surface area contributed by atoms with Gasteiger partial charge in [0.1, 0.15) is 4.21 Å². The number of sulfonamides is 1. The van der Waals surface area contributed by atoms with Crippen LogP contribution in [0, 0.1) is 13.8 Å². The van der Waals surface area contributed by atoms with E-state index < -0.39 is 16.0 Å². The molecule has 1 unspecified atom stereocenters. The average Bonchev–Trinajstić information content (AvgIpc) is 2.95. The van der Waals surface area contributed by atoms with E-state index in [0.29, 0.717) is 0 Å². The molecule has 2 aromatic rings. The molecule has 8 heteroatoms. The lowest BCUT2D eigenvalue weighted by molar-refractivity contribution is 0.0697. The van der Waals surface area contributed by atoms with E-state index in [2.05, 4.69) is 4.72 Å². The minimum atomic E-state index is -3.72. The smallest absolute Gasteiger partial charge is 0.336 e. The lowest BCUT2D eigenvalue weighted by Gasteiger charge is -2.13. The van der Waals surface area contributed by atoms with Gasteiger partial charge >= 0.3 is 5.97 Å². The second-order valence-electron chi connectivity index (χ2n) is 4.67. The predicted molar refractivity (Wildman–Crippen MR) is 83.8 cm³/mol. The van der Waals surface area contributed by atoms with Gasteiger partial charge in [0.05, 0.1) is 5.56 Å². The first-order valence-electron chi connectivity index (χ1n) is 6.12. The fourth-order valence-corrected chi connectivity index (χ4v) is 5.42. The molecule has 114 valence electrons. The lowest BCUT2D eigenvalue weighted by atomic mass is 10.1. The van der Waals surface area contributed by atoms with E-state index >= 15 is 0 Å². The lowest BCUT2D eigenvalue weighted by Crippen LogP contribution is -2.26. The van der Waals surface area contributed by atoms with E-state index in [4.69, 9.17) is 5.11 Å². The number of nitrogens with one attached hydrogen (secondary N) is 1. The van der Waals surface area contributed by atoms with Crippen molar-refractivity contribution in [1.82, 2.24) is 4.72 Å². The van der Waals surface area contributed by atoms with Gasteiger partial charge in [0.15, 0.2) is 0 Å². The van der Waals surface area contributed by atoms with Crippen LogP contribution in [0.1, 0.15) is 38.6 Å². The van der Waals surface area contributed by atoms with Gasteiger partial charge in [-0.2, -0.15) is 0 Å². The fraction of sp³-hybridized carbons (Fsp3) is 0.308. The van der Waals surface area contributed by atoms with Gasteiger partial charge in [-0.3, -0.25) is 0 Å². The van der Waals surface area contributed by atoms with E-state index in [1.807, 2.05) is 19.9 Å². The van der Waals surface area contributed by atoms with Gasteiger partial charge in [0.2, 0.25) is 0 Å². The normalized spacial score (nSPS) is 13.3. The van der Waals surface area contributed by atoms with Crippen LogP contribution in [0.5, 0.6) is 0 Å². The van der Waals surface area contributed by atoms with E-state index in [1.54, 1.807) is 18.3 Å². The van der Waals surface area contributed by atoms with Gasteiger partial charge < -0.3 is 5.11 Å². The molecular weight excluding hydrogens is 330 g/mol. The maximum absolute atomic E-state index is 12.3. The largest absolute Gasteiger partial charge is 0.478 e. The number of hydrogen-bond acceptors (Lipinski definition) is 5. The molecule has 0 amide bonds. The second kappa shape index (κ2) is 5.88.